The molecule has 9 heteroatoms. The van der Waals surface area contributed by atoms with Crippen molar-refractivity contribution in [1.29, 1.82) is 0 Å². The number of phenolic OH excluding ortho intramolecular Hbond substituents is 1. The van der Waals surface area contributed by atoms with Crippen molar-refractivity contribution in [3.8, 4) is 11.5 Å². The number of nitrogens with one attached hydrogen (secondary N) is 1. The smallest absolute Gasteiger partial charge is 0.278 e. The van der Waals surface area contributed by atoms with E-state index in [0.717, 1.165) is 18.3 Å². The number of benzene rings is 2. The molecule has 0 aliphatic heterocycles. The summed E-state index contributed by atoms with van der Waals surface area (Å²) in [7, 11) is 0. The molecule has 0 fully saturated rings. The van der Waals surface area contributed by atoms with E-state index < -0.39 is 10.8 Å². The van der Waals surface area contributed by atoms with Crippen LogP contribution < -0.4 is 10.2 Å². The number of ether oxygens (including phenoxy) is 1. The minimum absolute atomic E-state index is 0.0546. The monoisotopic (exact) mass is 349 g/mol. The lowest BCUT2D eigenvalue weighted by atomic mass is 10.2. The molecule has 0 spiro atoms. The maximum atomic E-state index is 11.6. The van der Waals surface area contributed by atoms with Crippen molar-refractivity contribution in [2.75, 3.05) is 6.61 Å². The van der Waals surface area contributed by atoms with Gasteiger partial charge in [0.15, 0.2) is 6.61 Å². The van der Waals surface area contributed by atoms with Gasteiger partial charge in [0.25, 0.3) is 11.6 Å². The summed E-state index contributed by atoms with van der Waals surface area (Å²) >= 11 is 5.73. The molecular formula is C15H12ClN3O5. The van der Waals surface area contributed by atoms with Crippen LogP contribution in [0.2, 0.25) is 5.02 Å². The molecule has 2 rings (SSSR count). The molecule has 0 aromatic heterocycles. The SMILES string of the molecule is O=C(COc1ccc(Cl)cc1)N/N=C\c1cc(O)ccc1[N+](=O)[O-]. The third-order valence-corrected chi connectivity index (χ3v) is 3.04. The lowest BCUT2D eigenvalue weighted by Gasteiger charge is -2.04. The highest BCUT2D eigenvalue weighted by Crippen LogP contribution is 2.21. The van der Waals surface area contributed by atoms with Crippen LogP contribution in [0.1, 0.15) is 5.56 Å². The topological polar surface area (TPSA) is 114 Å². The number of aromatic hydroxyl groups is 1. The van der Waals surface area contributed by atoms with Gasteiger partial charge in [0, 0.05) is 11.1 Å². The lowest BCUT2D eigenvalue weighted by Crippen LogP contribution is -2.24. The summed E-state index contributed by atoms with van der Waals surface area (Å²) in [5.41, 5.74) is 1.98. The Kier molecular flexibility index (Phi) is 5.69. The molecule has 8 nitrogen and oxygen atoms in total. The molecule has 0 saturated carbocycles. The Morgan fingerprint density at radius 3 is 2.71 bits per heavy atom. The molecule has 0 heterocycles. The summed E-state index contributed by atoms with van der Waals surface area (Å²) in [4.78, 5) is 21.8. The second kappa shape index (κ2) is 7.93. The van der Waals surface area contributed by atoms with Gasteiger partial charge >= 0.3 is 0 Å². The van der Waals surface area contributed by atoms with Gasteiger partial charge in [-0.15, -0.1) is 0 Å². The first kappa shape index (κ1) is 17.2. The molecule has 1 amide bonds. The first-order valence-electron chi connectivity index (χ1n) is 6.63. The highest BCUT2D eigenvalue weighted by Gasteiger charge is 2.12. The molecule has 24 heavy (non-hydrogen) atoms. The Morgan fingerprint density at radius 2 is 2.04 bits per heavy atom. The highest BCUT2D eigenvalue weighted by atomic mass is 35.5. The number of hydrogen-bond donors (Lipinski definition) is 2. The number of amides is 1. The quantitative estimate of drug-likeness (QED) is 0.472. The maximum absolute atomic E-state index is 11.6. The predicted octanol–water partition coefficient (Wildman–Crippen LogP) is 2.48. The van der Waals surface area contributed by atoms with E-state index >= 15 is 0 Å². The molecule has 0 saturated heterocycles. The number of nitrogens with zero attached hydrogens (tertiary/aromatic N) is 2. The Hall–Kier alpha value is -3.13. The van der Waals surface area contributed by atoms with Crippen LogP contribution in [0.4, 0.5) is 5.69 Å². The summed E-state index contributed by atoms with van der Waals surface area (Å²) < 4.78 is 5.21. The maximum Gasteiger partial charge on any atom is 0.278 e. The second-order valence-corrected chi connectivity index (χ2v) is 4.97. The first-order chi connectivity index (χ1) is 11.5. The Bertz CT molecular complexity index is 777. The van der Waals surface area contributed by atoms with Crippen molar-refractivity contribution in [3.63, 3.8) is 0 Å². The van der Waals surface area contributed by atoms with Gasteiger partial charge < -0.3 is 9.84 Å². The van der Waals surface area contributed by atoms with Gasteiger partial charge in [0.05, 0.1) is 16.7 Å². The van der Waals surface area contributed by atoms with Gasteiger partial charge in [-0.05, 0) is 36.4 Å². The van der Waals surface area contributed by atoms with Crippen molar-refractivity contribution in [1.82, 2.24) is 5.43 Å². The van der Waals surface area contributed by atoms with Crippen molar-refractivity contribution in [2.24, 2.45) is 5.10 Å². The molecule has 2 N–H and O–H groups in total. The number of carbonyl (C=O) groups is 1. The molecular weight excluding hydrogens is 338 g/mol. The number of nitro benzene ring substituents is 1. The third-order valence-electron chi connectivity index (χ3n) is 2.78. The van der Waals surface area contributed by atoms with E-state index in [2.05, 4.69) is 10.5 Å². The Balaban J connectivity index is 1.91. The average molecular weight is 350 g/mol. The second-order valence-electron chi connectivity index (χ2n) is 4.54. The molecule has 124 valence electrons. The summed E-state index contributed by atoms with van der Waals surface area (Å²) in [6.07, 6.45) is 1.07. The first-order valence-corrected chi connectivity index (χ1v) is 7.01. The van der Waals surface area contributed by atoms with Gasteiger partial charge in [0.1, 0.15) is 11.5 Å². The number of hydrogen-bond acceptors (Lipinski definition) is 6. The van der Waals surface area contributed by atoms with Gasteiger partial charge in [0.2, 0.25) is 0 Å². The van der Waals surface area contributed by atoms with Crippen LogP contribution in [0.25, 0.3) is 0 Å². The van der Waals surface area contributed by atoms with Crippen molar-refractivity contribution < 1.29 is 19.6 Å². The van der Waals surface area contributed by atoms with E-state index in [1.165, 1.54) is 6.07 Å². The van der Waals surface area contributed by atoms with Crippen molar-refractivity contribution in [3.05, 3.63) is 63.2 Å². The van der Waals surface area contributed by atoms with Crippen LogP contribution in [-0.2, 0) is 4.79 Å². The summed E-state index contributed by atoms with van der Waals surface area (Å²) in [6, 6.07) is 9.94. The minimum atomic E-state index is -0.619. The van der Waals surface area contributed by atoms with Crippen LogP contribution in [0.15, 0.2) is 47.6 Å². The van der Waals surface area contributed by atoms with Crippen molar-refractivity contribution >= 4 is 29.4 Å². The summed E-state index contributed by atoms with van der Waals surface area (Å²) in [6.45, 7) is -0.291. The zero-order valence-corrected chi connectivity index (χ0v) is 12.9. The van der Waals surface area contributed by atoms with Gasteiger partial charge in [-0.1, -0.05) is 11.6 Å². The number of halogens is 1. The Morgan fingerprint density at radius 1 is 1.33 bits per heavy atom. The molecule has 2 aromatic rings. The molecule has 2 aromatic carbocycles. The predicted molar refractivity (Wildman–Crippen MR) is 87.4 cm³/mol. The van der Waals surface area contributed by atoms with E-state index in [1.54, 1.807) is 24.3 Å². The fourth-order valence-corrected chi connectivity index (χ4v) is 1.82. The fourth-order valence-electron chi connectivity index (χ4n) is 1.70. The van der Waals surface area contributed by atoms with Gasteiger partial charge in [-0.3, -0.25) is 14.9 Å². The van der Waals surface area contributed by atoms with E-state index in [-0.39, 0.29) is 23.6 Å². The minimum Gasteiger partial charge on any atom is -0.508 e. The van der Waals surface area contributed by atoms with Crippen molar-refractivity contribution in [2.45, 2.75) is 0 Å². The summed E-state index contributed by atoms with van der Waals surface area (Å²) in [5, 5.41) is 24.4. The highest BCUT2D eigenvalue weighted by molar-refractivity contribution is 6.30. The number of phenols is 1. The van der Waals surface area contributed by atoms with Crippen LogP contribution >= 0.6 is 11.6 Å². The number of carbonyl (C=O) groups excluding carboxylic acids is 1. The number of hydrazone groups is 1. The van der Waals surface area contributed by atoms with Crippen LogP contribution in [0.3, 0.4) is 0 Å². The van der Waals surface area contributed by atoms with Gasteiger partial charge in [-0.2, -0.15) is 5.10 Å². The molecule has 0 aliphatic carbocycles. The van der Waals surface area contributed by atoms with E-state index in [4.69, 9.17) is 16.3 Å². The Labute approximate surface area is 141 Å². The van der Waals surface area contributed by atoms with Gasteiger partial charge in [-0.25, -0.2) is 5.43 Å². The van der Waals surface area contributed by atoms with E-state index in [0.29, 0.717) is 10.8 Å². The fraction of sp³-hybridized carbons (Fsp3) is 0.0667. The normalized spacial score (nSPS) is 10.5. The van der Waals surface area contributed by atoms with Crippen LogP contribution in [0, 0.1) is 10.1 Å². The molecule has 0 radical (unpaired) electrons. The zero-order chi connectivity index (χ0) is 17.5. The van der Waals surface area contributed by atoms with E-state index in [9.17, 15) is 20.0 Å². The molecule has 0 bridgehead atoms. The van der Waals surface area contributed by atoms with E-state index in [1.807, 2.05) is 0 Å². The van der Waals surface area contributed by atoms with Crippen LogP contribution in [-0.4, -0.2) is 28.8 Å². The lowest BCUT2D eigenvalue weighted by molar-refractivity contribution is -0.385. The average Bonchev–Trinajstić information content (AvgIpc) is 2.54. The molecule has 0 unspecified atom stereocenters. The zero-order valence-electron chi connectivity index (χ0n) is 12.2. The number of nitro groups is 1. The molecule has 0 atom stereocenters. The summed E-state index contributed by atoms with van der Waals surface area (Å²) in [5.74, 6) is -0.245. The standard InChI is InChI=1S/C15H12ClN3O5/c16-11-1-4-13(5-2-11)24-9-15(21)18-17-8-10-7-12(20)3-6-14(10)19(22)23/h1-8,20H,9H2,(H,18,21)/b17-8-. The third kappa shape index (κ3) is 4.96. The largest absolute Gasteiger partial charge is 0.508 e. The number of rotatable bonds is 6. The molecule has 0 aliphatic rings. The van der Waals surface area contributed by atoms with Crippen LogP contribution in [0.5, 0.6) is 11.5 Å².